The zero-order valence-electron chi connectivity index (χ0n) is 16.8. The summed E-state index contributed by atoms with van der Waals surface area (Å²) in [4.78, 5) is 12.9. The van der Waals surface area contributed by atoms with Crippen molar-refractivity contribution >= 4 is 27.4 Å². The minimum atomic E-state index is -3.77. The Labute approximate surface area is 176 Å². The topological polar surface area (TPSA) is 84.3 Å². The van der Waals surface area contributed by atoms with Crippen LogP contribution in [0.4, 0.5) is 11.5 Å². The molecule has 7 nitrogen and oxygen atoms in total. The lowest BCUT2D eigenvalue weighted by atomic mass is 10.0. The molecule has 30 heavy (non-hydrogen) atoms. The van der Waals surface area contributed by atoms with Gasteiger partial charge in [0.1, 0.15) is 5.82 Å². The van der Waals surface area contributed by atoms with Crippen LogP contribution in [0.2, 0.25) is 0 Å². The van der Waals surface area contributed by atoms with E-state index in [1.54, 1.807) is 29.1 Å². The van der Waals surface area contributed by atoms with Gasteiger partial charge in [0.15, 0.2) is 0 Å². The Morgan fingerprint density at radius 2 is 1.97 bits per heavy atom. The molecule has 0 bridgehead atoms. The first-order chi connectivity index (χ1) is 14.5. The normalized spacial score (nSPS) is 13.7. The maximum atomic E-state index is 13.4. The Morgan fingerprint density at radius 3 is 2.80 bits per heavy atom. The van der Waals surface area contributed by atoms with Gasteiger partial charge < -0.3 is 5.32 Å². The Hall–Kier alpha value is -3.13. The Balaban J connectivity index is 1.62. The van der Waals surface area contributed by atoms with Crippen LogP contribution in [-0.2, 0) is 23.0 Å². The first-order valence-corrected chi connectivity index (χ1v) is 11.5. The molecule has 0 unspecified atom stereocenters. The number of hydrogen-bond acceptors (Lipinski definition) is 4. The summed E-state index contributed by atoms with van der Waals surface area (Å²) >= 11 is 0. The van der Waals surface area contributed by atoms with E-state index in [0.29, 0.717) is 24.6 Å². The van der Waals surface area contributed by atoms with E-state index < -0.39 is 10.0 Å². The van der Waals surface area contributed by atoms with Gasteiger partial charge in [-0.25, -0.2) is 13.1 Å². The maximum Gasteiger partial charge on any atom is 0.264 e. The summed E-state index contributed by atoms with van der Waals surface area (Å²) in [6, 6.07) is 15.4. The van der Waals surface area contributed by atoms with Gasteiger partial charge in [0.25, 0.3) is 15.9 Å². The fourth-order valence-corrected chi connectivity index (χ4v) is 5.28. The summed E-state index contributed by atoms with van der Waals surface area (Å²) in [7, 11) is -3.77. The minimum absolute atomic E-state index is 0.105. The standard InChI is InChI=1S/C22H24N4O3S/c1-2-14-25-21(12-13-23-25)24-22(27)18-8-5-10-19(16-18)30(28,29)26-15-6-9-17-7-3-4-11-20(17)26/h3-5,7-8,10-13,16H,2,6,9,14-15H2,1H3,(H,24,27). The summed E-state index contributed by atoms with van der Waals surface area (Å²) in [5.74, 6) is 0.212. The van der Waals surface area contributed by atoms with Gasteiger partial charge in [-0.05, 0) is 49.1 Å². The summed E-state index contributed by atoms with van der Waals surface area (Å²) < 4.78 is 29.9. The molecule has 0 spiro atoms. The molecule has 1 amide bonds. The van der Waals surface area contributed by atoms with E-state index in [4.69, 9.17) is 0 Å². The summed E-state index contributed by atoms with van der Waals surface area (Å²) in [5, 5.41) is 7.01. The molecule has 3 aromatic rings. The third-order valence-electron chi connectivity index (χ3n) is 5.15. The molecule has 0 radical (unpaired) electrons. The average Bonchev–Trinajstić information content (AvgIpc) is 3.20. The lowest BCUT2D eigenvalue weighted by Crippen LogP contribution is -2.35. The number of nitrogens with zero attached hydrogens (tertiary/aromatic N) is 3. The van der Waals surface area contributed by atoms with E-state index in [0.717, 1.165) is 24.8 Å². The van der Waals surface area contributed by atoms with Crippen molar-refractivity contribution in [1.29, 1.82) is 0 Å². The van der Waals surface area contributed by atoms with Crippen molar-refractivity contribution in [3.05, 3.63) is 71.9 Å². The molecule has 156 valence electrons. The molecule has 8 heteroatoms. The third-order valence-corrected chi connectivity index (χ3v) is 6.95. The van der Waals surface area contributed by atoms with Crippen molar-refractivity contribution in [2.45, 2.75) is 37.6 Å². The number of benzene rings is 2. The number of para-hydroxylation sites is 1. The molecule has 0 fully saturated rings. The highest BCUT2D eigenvalue weighted by atomic mass is 32.2. The summed E-state index contributed by atoms with van der Waals surface area (Å²) in [6.45, 7) is 3.14. The number of anilines is 2. The predicted octanol–water partition coefficient (Wildman–Crippen LogP) is 3.69. The van der Waals surface area contributed by atoms with Crippen LogP contribution >= 0.6 is 0 Å². The highest BCUT2D eigenvalue weighted by Gasteiger charge is 2.29. The van der Waals surface area contributed by atoms with Crippen LogP contribution in [0, 0.1) is 0 Å². The van der Waals surface area contributed by atoms with Gasteiger partial charge >= 0.3 is 0 Å². The first-order valence-electron chi connectivity index (χ1n) is 10.0. The number of fused-ring (bicyclic) bond motifs is 1. The number of hydrogen-bond donors (Lipinski definition) is 1. The number of rotatable bonds is 6. The van der Waals surface area contributed by atoms with Crippen molar-refractivity contribution in [2.75, 3.05) is 16.2 Å². The maximum absolute atomic E-state index is 13.4. The monoisotopic (exact) mass is 424 g/mol. The fourth-order valence-electron chi connectivity index (χ4n) is 3.69. The van der Waals surface area contributed by atoms with Crippen LogP contribution in [0.15, 0.2) is 65.7 Å². The predicted molar refractivity (Wildman–Crippen MR) is 116 cm³/mol. The number of carbonyl (C=O) groups is 1. The number of nitrogens with one attached hydrogen (secondary N) is 1. The van der Waals surface area contributed by atoms with Crippen molar-refractivity contribution in [2.24, 2.45) is 0 Å². The number of aromatic nitrogens is 2. The highest BCUT2D eigenvalue weighted by molar-refractivity contribution is 7.92. The Kier molecular flexibility index (Phi) is 5.59. The van der Waals surface area contributed by atoms with Crippen LogP contribution in [0.25, 0.3) is 0 Å². The van der Waals surface area contributed by atoms with Gasteiger partial charge in [-0.1, -0.05) is 31.2 Å². The number of sulfonamides is 1. The van der Waals surface area contributed by atoms with Gasteiger partial charge in [0.05, 0.1) is 16.8 Å². The van der Waals surface area contributed by atoms with Crippen molar-refractivity contribution < 1.29 is 13.2 Å². The first kappa shape index (κ1) is 20.2. The van der Waals surface area contributed by atoms with Crippen LogP contribution in [0.5, 0.6) is 0 Å². The van der Waals surface area contributed by atoms with Crippen molar-refractivity contribution in [3.8, 4) is 0 Å². The lowest BCUT2D eigenvalue weighted by Gasteiger charge is -2.30. The number of aryl methyl sites for hydroxylation is 2. The van der Waals surface area contributed by atoms with E-state index in [1.165, 1.54) is 16.4 Å². The number of carbonyl (C=O) groups excluding carboxylic acids is 1. The molecule has 0 saturated heterocycles. The summed E-state index contributed by atoms with van der Waals surface area (Å²) in [5.41, 5.74) is 2.01. The second-order valence-corrected chi connectivity index (χ2v) is 9.09. The van der Waals surface area contributed by atoms with Crippen LogP contribution in [0.1, 0.15) is 35.7 Å². The van der Waals surface area contributed by atoms with Crippen molar-refractivity contribution in [3.63, 3.8) is 0 Å². The molecule has 1 aliphatic rings. The SMILES string of the molecule is CCCn1nccc1NC(=O)c1cccc(S(=O)(=O)N2CCCc3ccccc32)c1. The smallest absolute Gasteiger partial charge is 0.264 e. The molecule has 2 aromatic carbocycles. The summed E-state index contributed by atoms with van der Waals surface area (Å²) in [6.07, 6.45) is 4.13. The minimum Gasteiger partial charge on any atom is -0.307 e. The zero-order chi connectivity index (χ0) is 21.1. The van der Waals surface area contributed by atoms with E-state index >= 15 is 0 Å². The van der Waals surface area contributed by atoms with Crippen molar-refractivity contribution in [1.82, 2.24) is 9.78 Å². The van der Waals surface area contributed by atoms with E-state index in [2.05, 4.69) is 10.4 Å². The van der Waals surface area contributed by atoms with Gasteiger partial charge in [0, 0.05) is 24.7 Å². The quantitative estimate of drug-likeness (QED) is 0.654. The van der Waals surface area contributed by atoms with Gasteiger partial charge in [-0.15, -0.1) is 0 Å². The molecule has 0 atom stereocenters. The molecule has 2 heterocycles. The molecular weight excluding hydrogens is 400 g/mol. The second-order valence-electron chi connectivity index (χ2n) is 7.23. The molecule has 1 aromatic heterocycles. The van der Waals surface area contributed by atoms with Gasteiger partial charge in [-0.2, -0.15) is 5.10 Å². The van der Waals surface area contributed by atoms with E-state index in [9.17, 15) is 13.2 Å². The fraction of sp³-hybridized carbons (Fsp3) is 0.273. The molecular formula is C22H24N4O3S. The Bertz CT molecular complexity index is 1170. The zero-order valence-corrected chi connectivity index (χ0v) is 17.6. The number of amides is 1. The highest BCUT2D eigenvalue weighted by Crippen LogP contribution is 2.32. The van der Waals surface area contributed by atoms with Gasteiger partial charge in [0.2, 0.25) is 0 Å². The molecule has 1 aliphatic heterocycles. The average molecular weight is 425 g/mol. The third kappa shape index (κ3) is 3.82. The molecule has 0 saturated carbocycles. The molecule has 1 N–H and O–H groups in total. The molecule has 4 rings (SSSR count). The van der Waals surface area contributed by atoms with Crippen LogP contribution in [-0.4, -0.2) is 30.7 Å². The molecule has 0 aliphatic carbocycles. The van der Waals surface area contributed by atoms with Crippen LogP contribution in [0.3, 0.4) is 0 Å². The lowest BCUT2D eigenvalue weighted by molar-refractivity contribution is 0.102. The Morgan fingerprint density at radius 1 is 1.13 bits per heavy atom. The van der Waals surface area contributed by atoms with E-state index in [-0.39, 0.29) is 16.4 Å². The second kappa shape index (κ2) is 8.31. The van der Waals surface area contributed by atoms with E-state index in [1.807, 2.05) is 31.2 Å². The van der Waals surface area contributed by atoms with Crippen LogP contribution < -0.4 is 9.62 Å². The van der Waals surface area contributed by atoms with Gasteiger partial charge in [-0.3, -0.25) is 9.10 Å². The largest absolute Gasteiger partial charge is 0.307 e.